The molecule has 0 aromatic carbocycles. The summed E-state index contributed by atoms with van der Waals surface area (Å²) in [6, 6.07) is 0. The number of aryl methyl sites for hydroxylation is 1. The molecule has 1 aromatic rings. The molecule has 0 saturated carbocycles. The highest BCUT2D eigenvalue weighted by Gasteiger charge is 2.27. The van der Waals surface area contributed by atoms with Crippen LogP contribution in [0.3, 0.4) is 0 Å². The molecule has 21 heavy (non-hydrogen) atoms. The molecule has 9 heteroatoms. The number of halogens is 3. The van der Waals surface area contributed by atoms with Crippen LogP contribution in [0.4, 0.5) is 19.0 Å². The third-order valence-corrected chi connectivity index (χ3v) is 2.36. The van der Waals surface area contributed by atoms with E-state index in [1.807, 2.05) is 6.92 Å². The molecule has 0 unspecified atom stereocenters. The fraction of sp³-hybridized carbons (Fsp3) is 0.583. The quantitative estimate of drug-likeness (QED) is 0.642. The lowest BCUT2D eigenvalue weighted by Gasteiger charge is -2.15. The Balaban J connectivity index is 2.81. The highest BCUT2D eigenvalue weighted by atomic mass is 19.4. The number of nitrogens with zero attached hydrogens (tertiary/aromatic N) is 3. The minimum atomic E-state index is -4.33. The molecule has 0 saturated heterocycles. The first-order valence-corrected chi connectivity index (χ1v) is 6.30. The summed E-state index contributed by atoms with van der Waals surface area (Å²) >= 11 is 0. The summed E-state index contributed by atoms with van der Waals surface area (Å²) in [6.45, 7) is 3.11. The summed E-state index contributed by atoms with van der Waals surface area (Å²) in [7, 11) is 1.38. The highest BCUT2D eigenvalue weighted by Crippen LogP contribution is 2.14. The maximum Gasteiger partial charge on any atom is 0.405 e. The molecule has 1 aromatic heterocycles. The van der Waals surface area contributed by atoms with Crippen molar-refractivity contribution in [2.24, 2.45) is 4.99 Å². The van der Waals surface area contributed by atoms with Gasteiger partial charge in [-0.25, -0.2) is 9.97 Å². The first kappa shape index (κ1) is 17.2. The molecule has 2 N–H and O–H groups in total. The van der Waals surface area contributed by atoms with E-state index < -0.39 is 12.7 Å². The summed E-state index contributed by atoms with van der Waals surface area (Å²) in [5.74, 6) is 0.832. The first-order chi connectivity index (χ1) is 9.85. The molecule has 0 atom stereocenters. The second-order valence-electron chi connectivity index (χ2n) is 4.09. The van der Waals surface area contributed by atoms with Gasteiger partial charge in [-0.15, -0.1) is 0 Å². The zero-order valence-electron chi connectivity index (χ0n) is 12.1. The lowest BCUT2D eigenvalue weighted by Crippen LogP contribution is -2.38. The van der Waals surface area contributed by atoms with Crippen LogP contribution in [0, 0.1) is 6.92 Å². The van der Waals surface area contributed by atoms with E-state index in [4.69, 9.17) is 4.74 Å². The highest BCUT2D eigenvalue weighted by molar-refractivity contribution is 5.93. The average molecular weight is 305 g/mol. The molecule has 1 heterocycles. The summed E-state index contributed by atoms with van der Waals surface area (Å²) < 4.78 is 41.9. The van der Waals surface area contributed by atoms with Gasteiger partial charge >= 0.3 is 6.18 Å². The van der Waals surface area contributed by atoms with E-state index >= 15 is 0 Å². The number of guanidine groups is 1. The standard InChI is InChI=1S/C12H18F3N5O/c1-4-21-6-9-5-17-8(2)19-10(9)20-11(16-3)18-7-12(13,14)15/h5H,4,6-7H2,1-3H3,(H2,16,17,18,19,20). The van der Waals surface area contributed by atoms with Gasteiger partial charge in [0.25, 0.3) is 0 Å². The van der Waals surface area contributed by atoms with E-state index in [0.717, 1.165) is 0 Å². The number of alkyl halides is 3. The minimum absolute atomic E-state index is 0.0248. The van der Waals surface area contributed by atoms with Crippen molar-refractivity contribution < 1.29 is 17.9 Å². The van der Waals surface area contributed by atoms with Crippen LogP contribution in [0.5, 0.6) is 0 Å². The lowest BCUT2D eigenvalue weighted by atomic mass is 10.3. The third kappa shape index (κ3) is 6.39. The van der Waals surface area contributed by atoms with Gasteiger partial charge in [0.05, 0.1) is 6.61 Å². The van der Waals surface area contributed by atoms with Crippen molar-refractivity contribution in [1.82, 2.24) is 15.3 Å². The van der Waals surface area contributed by atoms with Crippen LogP contribution in [0.2, 0.25) is 0 Å². The van der Waals surface area contributed by atoms with Crippen molar-refractivity contribution in [2.75, 3.05) is 25.5 Å². The van der Waals surface area contributed by atoms with Gasteiger partial charge in [0, 0.05) is 25.4 Å². The van der Waals surface area contributed by atoms with Crippen LogP contribution in [0.1, 0.15) is 18.3 Å². The van der Waals surface area contributed by atoms with E-state index in [9.17, 15) is 13.2 Å². The topological polar surface area (TPSA) is 71.4 Å². The van der Waals surface area contributed by atoms with Crippen molar-refractivity contribution in [3.63, 3.8) is 0 Å². The Labute approximate surface area is 120 Å². The number of rotatable bonds is 5. The summed E-state index contributed by atoms with van der Waals surface area (Å²) in [6.07, 6.45) is -2.76. The number of hydrogen-bond acceptors (Lipinski definition) is 4. The summed E-state index contributed by atoms with van der Waals surface area (Å²) in [5, 5.41) is 4.90. The van der Waals surface area contributed by atoms with Gasteiger partial charge in [-0.3, -0.25) is 4.99 Å². The van der Waals surface area contributed by atoms with Gasteiger partial charge in [0.2, 0.25) is 0 Å². The Bertz CT molecular complexity index is 490. The minimum Gasteiger partial charge on any atom is -0.377 e. The Hall–Kier alpha value is -1.90. The number of ether oxygens (including phenoxy) is 1. The van der Waals surface area contributed by atoms with Gasteiger partial charge < -0.3 is 15.4 Å². The maximum atomic E-state index is 12.2. The van der Waals surface area contributed by atoms with Crippen LogP contribution in [0.25, 0.3) is 0 Å². The van der Waals surface area contributed by atoms with Gasteiger partial charge in [0.15, 0.2) is 5.96 Å². The number of hydrogen-bond donors (Lipinski definition) is 2. The van der Waals surface area contributed by atoms with Crippen LogP contribution in [0.15, 0.2) is 11.2 Å². The Morgan fingerprint density at radius 3 is 2.71 bits per heavy atom. The lowest BCUT2D eigenvalue weighted by molar-refractivity contribution is -0.121. The van der Waals surface area contributed by atoms with Gasteiger partial charge in [0.1, 0.15) is 18.2 Å². The second kappa shape index (κ2) is 7.77. The normalized spacial score (nSPS) is 12.4. The Kier molecular flexibility index (Phi) is 6.35. The fourth-order valence-corrected chi connectivity index (χ4v) is 1.40. The largest absolute Gasteiger partial charge is 0.405 e. The molecule has 0 aliphatic rings. The molecular formula is C12H18F3N5O. The smallest absolute Gasteiger partial charge is 0.377 e. The van der Waals surface area contributed by atoms with E-state index in [-0.39, 0.29) is 12.6 Å². The molecule has 0 radical (unpaired) electrons. The Morgan fingerprint density at radius 1 is 1.43 bits per heavy atom. The van der Waals surface area contributed by atoms with Crippen LogP contribution in [-0.4, -0.2) is 42.3 Å². The predicted molar refractivity (Wildman–Crippen MR) is 73.1 cm³/mol. The Morgan fingerprint density at radius 2 is 2.14 bits per heavy atom. The van der Waals surface area contributed by atoms with E-state index in [0.29, 0.717) is 23.8 Å². The molecule has 0 aliphatic heterocycles. The van der Waals surface area contributed by atoms with Crippen LogP contribution >= 0.6 is 0 Å². The van der Waals surface area contributed by atoms with Gasteiger partial charge in [-0.2, -0.15) is 13.2 Å². The molecule has 0 bridgehead atoms. The summed E-state index contributed by atoms with van der Waals surface area (Å²) in [4.78, 5) is 11.9. The zero-order valence-corrected chi connectivity index (χ0v) is 12.1. The third-order valence-electron chi connectivity index (χ3n) is 2.36. The van der Waals surface area contributed by atoms with Crippen molar-refractivity contribution in [3.8, 4) is 0 Å². The zero-order chi connectivity index (χ0) is 15.9. The van der Waals surface area contributed by atoms with E-state index in [2.05, 4.69) is 25.6 Å². The van der Waals surface area contributed by atoms with Gasteiger partial charge in [-0.05, 0) is 13.8 Å². The van der Waals surface area contributed by atoms with Crippen molar-refractivity contribution in [1.29, 1.82) is 0 Å². The molecule has 0 spiro atoms. The number of aliphatic imine (C=N–C) groups is 1. The monoisotopic (exact) mass is 305 g/mol. The predicted octanol–water partition coefficient (Wildman–Crippen LogP) is 1.87. The number of aromatic nitrogens is 2. The van der Waals surface area contributed by atoms with Crippen molar-refractivity contribution in [2.45, 2.75) is 26.6 Å². The number of anilines is 1. The summed E-state index contributed by atoms with van der Waals surface area (Å²) in [5.41, 5.74) is 0.636. The fourth-order valence-electron chi connectivity index (χ4n) is 1.40. The van der Waals surface area contributed by atoms with Crippen LogP contribution in [-0.2, 0) is 11.3 Å². The molecule has 118 valence electrons. The molecular weight excluding hydrogens is 287 g/mol. The molecule has 6 nitrogen and oxygen atoms in total. The van der Waals surface area contributed by atoms with Gasteiger partial charge in [-0.1, -0.05) is 0 Å². The molecule has 0 fully saturated rings. The van der Waals surface area contributed by atoms with E-state index in [1.54, 1.807) is 13.1 Å². The molecule has 0 amide bonds. The SMILES string of the molecule is CCOCc1cnc(C)nc1NC(=NC)NCC(F)(F)F. The molecule has 1 rings (SSSR count). The average Bonchev–Trinajstić information content (AvgIpc) is 2.41. The maximum absolute atomic E-state index is 12.2. The number of nitrogens with one attached hydrogen (secondary N) is 2. The second-order valence-corrected chi connectivity index (χ2v) is 4.09. The molecule has 0 aliphatic carbocycles. The first-order valence-electron chi connectivity index (χ1n) is 6.30. The van der Waals surface area contributed by atoms with Crippen LogP contribution < -0.4 is 10.6 Å². The van der Waals surface area contributed by atoms with Crippen molar-refractivity contribution >= 4 is 11.8 Å². The van der Waals surface area contributed by atoms with E-state index in [1.165, 1.54) is 7.05 Å². The van der Waals surface area contributed by atoms with Crippen molar-refractivity contribution in [3.05, 3.63) is 17.6 Å².